The maximum atomic E-state index is 10.3. The van der Waals surface area contributed by atoms with Crippen molar-refractivity contribution in [1.82, 2.24) is 0 Å². The Morgan fingerprint density at radius 2 is 1.00 bits per heavy atom. The van der Waals surface area contributed by atoms with Gasteiger partial charge in [0.05, 0.1) is 0 Å². The molecule has 0 aliphatic heterocycles. The molecule has 0 aromatic carbocycles. The van der Waals surface area contributed by atoms with Crippen molar-refractivity contribution in [3.8, 4) is 0 Å². The number of rotatable bonds is 0. The van der Waals surface area contributed by atoms with Crippen LogP contribution >= 0.6 is 0 Å². The van der Waals surface area contributed by atoms with Gasteiger partial charge in [-0.3, -0.25) is 9.59 Å². The molecule has 50 valence electrons. The zero-order chi connectivity index (χ0) is 5.98. The molecule has 0 unspecified atom stereocenters. The van der Waals surface area contributed by atoms with Gasteiger partial charge in [-0.2, -0.15) is 0 Å². The molecule has 0 aromatic rings. The fourth-order valence-corrected chi connectivity index (χ4v) is 0.440. The summed E-state index contributed by atoms with van der Waals surface area (Å²) in [5.74, 6) is -0.241. The maximum Gasteiger partial charge on any atom is 0.178 e. The van der Waals surface area contributed by atoms with Gasteiger partial charge < -0.3 is 0 Å². The van der Waals surface area contributed by atoms with Gasteiger partial charge in [0.25, 0.3) is 0 Å². The van der Waals surface area contributed by atoms with Crippen molar-refractivity contribution in [2.24, 2.45) is 0 Å². The fourth-order valence-electron chi connectivity index (χ4n) is 0.440. The van der Waals surface area contributed by atoms with Gasteiger partial charge in [0.2, 0.25) is 0 Å². The topological polar surface area (TPSA) is 34.1 Å². The molecule has 0 N–H and O–H groups in total. The minimum Gasteiger partial charge on any atom is -0.290 e. The van der Waals surface area contributed by atoms with Crippen LogP contribution in [0.4, 0.5) is 0 Å². The third kappa shape index (κ3) is 2.50. The van der Waals surface area contributed by atoms with E-state index in [0.717, 1.165) is 0 Å². The minimum atomic E-state index is -0.121. The van der Waals surface area contributed by atoms with Crippen molar-refractivity contribution in [1.29, 1.82) is 0 Å². The second-order valence-electron chi connectivity index (χ2n) is 1.47. The Morgan fingerprint density at radius 1 is 0.778 bits per heavy atom. The summed E-state index contributed by atoms with van der Waals surface area (Å²) in [6.45, 7) is 0. The summed E-state index contributed by atoms with van der Waals surface area (Å²) >= 11 is 0. The van der Waals surface area contributed by atoms with E-state index in [1.165, 1.54) is 24.3 Å². The zero-order valence-electron chi connectivity index (χ0n) is 4.44. The molecule has 0 saturated heterocycles. The van der Waals surface area contributed by atoms with Crippen LogP contribution in [0.5, 0.6) is 0 Å². The van der Waals surface area contributed by atoms with Crippen molar-refractivity contribution in [3.05, 3.63) is 24.3 Å². The van der Waals surface area contributed by atoms with E-state index in [1.54, 1.807) is 0 Å². The first-order valence-corrected chi connectivity index (χ1v) is 2.23. The largest absolute Gasteiger partial charge is 0.290 e. The van der Waals surface area contributed by atoms with Crippen LogP contribution in [0.1, 0.15) is 0 Å². The molecule has 3 heteroatoms. The Bertz CT molecular complexity index is 153. The van der Waals surface area contributed by atoms with E-state index in [-0.39, 0.29) is 32.0 Å². The fraction of sp³-hybridized carbons (Fsp3) is 0. The van der Waals surface area contributed by atoms with E-state index in [1.807, 2.05) is 0 Å². The summed E-state index contributed by atoms with van der Waals surface area (Å²) in [5, 5.41) is 0. The van der Waals surface area contributed by atoms with Gasteiger partial charge in [-0.05, 0) is 24.3 Å². The van der Waals surface area contributed by atoms with Crippen LogP contribution in [0, 0.1) is 0 Å². The Labute approximate surface area is 66.3 Å². The molecular formula is C6H4O2Pd. The Morgan fingerprint density at radius 3 is 1.22 bits per heavy atom. The van der Waals surface area contributed by atoms with Gasteiger partial charge in [-0.25, -0.2) is 0 Å². The maximum absolute atomic E-state index is 10.3. The molecule has 0 aromatic heterocycles. The summed E-state index contributed by atoms with van der Waals surface area (Å²) in [6, 6.07) is 0. The van der Waals surface area contributed by atoms with E-state index in [2.05, 4.69) is 0 Å². The number of carbonyl (C=O) groups excluding carboxylic acids is 2. The van der Waals surface area contributed by atoms with Gasteiger partial charge in [0.15, 0.2) is 11.6 Å². The third-order valence-corrected chi connectivity index (χ3v) is 0.824. The summed E-state index contributed by atoms with van der Waals surface area (Å²) < 4.78 is 0. The monoisotopic (exact) mass is 214 g/mol. The molecule has 1 rings (SSSR count). The van der Waals surface area contributed by atoms with Crippen LogP contribution in [0.3, 0.4) is 0 Å². The molecule has 0 radical (unpaired) electrons. The van der Waals surface area contributed by atoms with Crippen molar-refractivity contribution < 1.29 is 30.0 Å². The molecule has 0 fully saturated rings. The average molecular weight is 215 g/mol. The number of hydrogen-bond acceptors (Lipinski definition) is 2. The van der Waals surface area contributed by atoms with Crippen molar-refractivity contribution >= 4 is 11.6 Å². The predicted octanol–water partition coefficient (Wildman–Crippen LogP) is 0.248. The van der Waals surface area contributed by atoms with E-state index in [4.69, 9.17) is 0 Å². The molecule has 0 amide bonds. The minimum absolute atomic E-state index is 0. The molecular weight excluding hydrogens is 210 g/mol. The molecule has 0 atom stereocenters. The van der Waals surface area contributed by atoms with Crippen LogP contribution in [0.25, 0.3) is 0 Å². The number of hydrogen-bond donors (Lipinski definition) is 0. The molecule has 0 heterocycles. The molecule has 0 bridgehead atoms. The Balaban J connectivity index is 0.000000640. The van der Waals surface area contributed by atoms with Crippen molar-refractivity contribution in [2.45, 2.75) is 0 Å². The predicted molar refractivity (Wildman–Crippen MR) is 28.3 cm³/mol. The Hall–Kier alpha value is -0.518. The van der Waals surface area contributed by atoms with E-state index < -0.39 is 0 Å². The smallest absolute Gasteiger partial charge is 0.178 e. The molecule has 0 spiro atoms. The Kier molecular flexibility index (Phi) is 3.30. The van der Waals surface area contributed by atoms with Crippen LogP contribution in [0.2, 0.25) is 0 Å². The summed E-state index contributed by atoms with van der Waals surface area (Å²) in [7, 11) is 0. The molecule has 1 aliphatic carbocycles. The van der Waals surface area contributed by atoms with Crippen molar-refractivity contribution in [2.75, 3.05) is 0 Å². The summed E-state index contributed by atoms with van der Waals surface area (Å²) in [5.41, 5.74) is 0. The average Bonchev–Trinajstić information content (AvgIpc) is 1.77. The van der Waals surface area contributed by atoms with Crippen LogP contribution in [-0.4, -0.2) is 11.6 Å². The quantitative estimate of drug-likeness (QED) is 0.428. The molecule has 2 nitrogen and oxygen atoms in total. The molecule has 1 aliphatic rings. The second kappa shape index (κ2) is 3.50. The first-order chi connectivity index (χ1) is 3.79. The third-order valence-electron chi connectivity index (χ3n) is 0.824. The first-order valence-electron chi connectivity index (χ1n) is 2.23. The standard InChI is InChI=1S/C6H4O2.Pd/c7-5-1-2-6(8)4-3-5;/h1-4H;. The SMILES string of the molecule is O=C1C=CC(=O)C=C1.[Pd]. The molecule has 9 heavy (non-hydrogen) atoms. The molecule has 0 saturated carbocycles. The van der Waals surface area contributed by atoms with E-state index in [9.17, 15) is 9.59 Å². The van der Waals surface area contributed by atoms with Gasteiger partial charge in [-0.15, -0.1) is 0 Å². The van der Waals surface area contributed by atoms with E-state index in [0.29, 0.717) is 0 Å². The van der Waals surface area contributed by atoms with Crippen LogP contribution in [0.15, 0.2) is 24.3 Å². The van der Waals surface area contributed by atoms with Crippen LogP contribution in [-0.2, 0) is 30.0 Å². The number of allylic oxidation sites excluding steroid dienone is 4. The van der Waals surface area contributed by atoms with Gasteiger partial charge in [-0.1, -0.05) is 0 Å². The number of carbonyl (C=O) groups is 2. The van der Waals surface area contributed by atoms with Gasteiger partial charge in [0, 0.05) is 20.4 Å². The van der Waals surface area contributed by atoms with Gasteiger partial charge in [0.1, 0.15) is 0 Å². The van der Waals surface area contributed by atoms with E-state index >= 15 is 0 Å². The summed E-state index contributed by atoms with van der Waals surface area (Å²) in [6.07, 6.45) is 5.01. The van der Waals surface area contributed by atoms with Crippen molar-refractivity contribution in [3.63, 3.8) is 0 Å². The first kappa shape index (κ1) is 8.48. The zero-order valence-corrected chi connectivity index (χ0v) is 6.00. The van der Waals surface area contributed by atoms with Crippen LogP contribution < -0.4 is 0 Å². The number of ketones is 2. The van der Waals surface area contributed by atoms with Gasteiger partial charge >= 0.3 is 0 Å². The summed E-state index contributed by atoms with van der Waals surface area (Å²) in [4.78, 5) is 20.6. The second-order valence-corrected chi connectivity index (χ2v) is 1.47. The normalized spacial score (nSPS) is 15.6.